The van der Waals surface area contributed by atoms with Gasteiger partial charge in [-0.15, -0.1) is 0 Å². The lowest BCUT2D eigenvalue weighted by Gasteiger charge is -2.46. The number of nitrogens with zero attached hydrogens (tertiary/aromatic N) is 2. The van der Waals surface area contributed by atoms with Gasteiger partial charge in [-0.05, 0) is 97.3 Å². The number of benzene rings is 1. The summed E-state index contributed by atoms with van der Waals surface area (Å²) in [5.74, 6) is 0.0291. The van der Waals surface area contributed by atoms with E-state index in [9.17, 15) is 14.4 Å². The van der Waals surface area contributed by atoms with Gasteiger partial charge in [-0.1, -0.05) is 25.4 Å². The van der Waals surface area contributed by atoms with Crippen molar-refractivity contribution in [2.75, 3.05) is 31.6 Å². The van der Waals surface area contributed by atoms with Gasteiger partial charge in [0.1, 0.15) is 5.60 Å². The molecule has 4 atom stereocenters. The molecule has 3 rings (SSSR count). The van der Waals surface area contributed by atoms with Crippen molar-refractivity contribution in [2.24, 2.45) is 11.8 Å². The maximum Gasteiger partial charge on any atom is 0.407 e. The van der Waals surface area contributed by atoms with Gasteiger partial charge in [0.15, 0.2) is 0 Å². The van der Waals surface area contributed by atoms with Crippen molar-refractivity contribution < 1.29 is 23.6 Å². The van der Waals surface area contributed by atoms with E-state index in [0.717, 1.165) is 62.9 Å². The fourth-order valence-electron chi connectivity index (χ4n) is 6.99. The summed E-state index contributed by atoms with van der Waals surface area (Å²) in [6.07, 6.45) is 5.08. The Kier molecular flexibility index (Phi) is 11.4. The number of amides is 3. The second-order valence-corrected chi connectivity index (χ2v) is 14.2. The van der Waals surface area contributed by atoms with Crippen LogP contribution in [0.2, 0.25) is 5.02 Å². The van der Waals surface area contributed by atoms with Crippen molar-refractivity contribution >= 4 is 35.2 Å². The predicted molar refractivity (Wildman–Crippen MR) is 170 cm³/mol. The van der Waals surface area contributed by atoms with Crippen LogP contribution in [0.5, 0.6) is 0 Å². The topological polar surface area (TPSA) is 87.7 Å². The Labute approximate surface area is 258 Å². The fourth-order valence-corrected chi connectivity index (χ4v) is 7.20. The van der Waals surface area contributed by atoms with E-state index in [-0.39, 0.29) is 47.9 Å². The first-order valence-corrected chi connectivity index (χ1v) is 16.2. The van der Waals surface area contributed by atoms with Gasteiger partial charge in [-0.2, -0.15) is 0 Å². The van der Waals surface area contributed by atoms with Gasteiger partial charge in [0.05, 0.1) is 25.6 Å². The molecule has 4 unspecified atom stereocenters. The zero-order chi connectivity index (χ0) is 31.4. The molecule has 8 nitrogen and oxygen atoms in total. The number of nitrogens with one attached hydrogen (secondary N) is 2. The second-order valence-electron chi connectivity index (χ2n) is 13.7. The third-order valence-corrected chi connectivity index (χ3v) is 9.68. The van der Waals surface area contributed by atoms with E-state index in [4.69, 9.17) is 16.3 Å². The molecule has 1 saturated carbocycles. The van der Waals surface area contributed by atoms with Crippen LogP contribution in [0, 0.1) is 18.8 Å². The summed E-state index contributed by atoms with van der Waals surface area (Å²) in [7, 11) is 2.05. The lowest BCUT2D eigenvalue weighted by molar-refractivity contribution is -0.865. The number of hydrogen-bond acceptors (Lipinski definition) is 5. The van der Waals surface area contributed by atoms with Crippen molar-refractivity contribution in [3.8, 4) is 0 Å². The van der Waals surface area contributed by atoms with Gasteiger partial charge in [-0.3, -0.25) is 9.28 Å². The number of halogens is 1. The van der Waals surface area contributed by atoms with Crippen LogP contribution in [0.3, 0.4) is 0 Å². The van der Waals surface area contributed by atoms with Crippen LogP contribution in [0.4, 0.5) is 10.5 Å². The van der Waals surface area contributed by atoms with Crippen LogP contribution in [-0.2, 0) is 9.53 Å². The number of likely N-dealkylation sites (tertiary alicyclic amines) is 1. The Morgan fingerprint density at radius 3 is 2.33 bits per heavy atom. The standard InChI is InChI=1S/C33H53ClN4O4/c1-10-16-38(9)22(4)17-21(3)28(31(38)40)20-35-30(39)27-18-24(34)19-29(23(27)5)37(11-2)26-14-12-25(13-15-26)36-32(41)42-33(6,7)8/h18-19,21-22,25-26,28H,10-17,20H2,1-9H3,(H-,35,36,39,41)/p+1. The monoisotopic (exact) mass is 605 g/mol. The lowest BCUT2D eigenvalue weighted by Crippen LogP contribution is -2.64. The summed E-state index contributed by atoms with van der Waals surface area (Å²) in [6.45, 7) is 18.0. The van der Waals surface area contributed by atoms with E-state index in [1.807, 2.05) is 40.8 Å². The molecule has 0 radical (unpaired) electrons. The zero-order valence-electron chi connectivity index (χ0n) is 27.3. The Hall–Kier alpha value is -2.32. The Balaban J connectivity index is 1.70. The summed E-state index contributed by atoms with van der Waals surface area (Å²) >= 11 is 6.60. The molecule has 2 fully saturated rings. The molecular weight excluding hydrogens is 552 g/mol. The number of rotatable bonds is 9. The van der Waals surface area contributed by atoms with Crippen LogP contribution in [0.1, 0.15) is 103 Å². The minimum atomic E-state index is -0.522. The van der Waals surface area contributed by atoms with Gasteiger partial charge < -0.3 is 20.3 Å². The van der Waals surface area contributed by atoms with Gasteiger partial charge in [0.25, 0.3) is 5.91 Å². The molecule has 3 amide bonds. The minimum Gasteiger partial charge on any atom is -0.444 e. The highest BCUT2D eigenvalue weighted by atomic mass is 35.5. The van der Waals surface area contributed by atoms with Gasteiger partial charge in [0.2, 0.25) is 0 Å². The van der Waals surface area contributed by atoms with Crippen LogP contribution < -0.4 is 15.5 Å². The molecule has 0 aromatic heterocycles. The fraction of sp³-hybridized carbons (Fsp3) is 0.727. The van der Waals surface area contributed by atoms with Crippen LogP contribution >= 0.6 is 11.6 Å². The number of carbonyl (C=O) groups excluding carboxylic acids is 3. The Morgan fingerprint density at radius 1 is 1.12 bits per heavy atom. The number of piperidine rings is 1. The number of quaternary nitrogens is 1. The molecule has 1 aromatic rings. The van der Waals surface area contributed by atoms with Crippen LogP contribution in [-0.4, -0.2) is 72.8 Å². The van der Waals surface area contributed by atoms with E-state index in [1.165, 1.54) is 0 Å². The molecule has 1 aliphatic heterocycles. The Morgan fingerprint density at radius 2 is 1.76 bits per heavy atom. The zero-order valence-corrected chi connectivity index (χ0v) is 28.1. The van der Waals surface area contributed by atoms with E-state index >= 15 is 0 Å². The molecule has 1 aliphatic carbocycles. The number of alkyl carbamates (subject to hydrolysis) is 1. The smallest absolute Gasteiger partial charge is 0.407 e. The predicted octanol–water partition coefficient (Wildman–Crippen LogP) is 6.47. The van der Waals surface area contributed by atoms with Crippen molar-refractivity contribution in [1.29, 1.82) is 0 Å². The lowest BCUT2D eigenvalue weighted by atomic mass is 9.81. The molecule has 0 bridgehead atoms. The molecule has 1 heterocycles. The molecule has 9 heteroatoms. The van der Waals surface area contributed by atoms with E-state index in [1.54, 1.807) is 6.07 Å². The molecule has 2 N–H and O–H groups in total. The SMILES string of the molecule is CCC[N+]1(C)C(=O)C(CNC(=O)c2cc(Cl)cc(N(CC)C3CCC(NC(=O)OC(C)(C)C)CC3)c2C)C(C)CC1C. The van der Waals surface area contributed by atoms with Crippen molar-refractivity contribution in [2.45, 2.75) is 118 Å². The van der Waals surface area contributed by atoms with Gasteiger partial charge in [-0.25, -0.2) is 9.59 Å². The van der Waals surface area contributed by atoms with Gasteiger partial charge in [0, 0.05) is 47.9 Å². The first kappa shape index (κ1) is 34.2. The quantitative estimate of drug-likeness (QED) is 0.315. The van der Waals surface area contributed by atoms with Crippen molar-refractivity contribution in [1.82, 2.24) is 10.6 Å². The summed E-state index contributed by atoms with van der Waals surface area (Å²) < 4.78 is 5.87. The third kappa shape index (κ3) is 7.98. The summed E-state index contributed by atoms with van der Waals surface area (Å²) in [5, 5.41) is 6.63. The first-order chi connectivity index (χ1) is 19.6. The number of hydrogen-bond donors (Lipinski definition) is 2. The number of ether oxygens (including phenoxy) is 1. The normalized spacial score (nSPS) is 28.2. The Bertz CT molecular complexity index is 1130. The molecular formula is C33H54ClN4O4+. The van der Waals surface area contributed by atoms with Crippen molar-refractivity contribution in [3.63, 3.8) is 0 Å². The molecule has 1 saturated heterocycles. The largest absolute Gasteiger partial charge is 0.444 e. The molecule has 42 heavy (non-hydrogen) atoms. The highest BCUT2D eigenvalue weighted by molar-refractivity contribution is 6.31. The second kappa shape index (κ2) is 14.0. The number of anilines is 1. The van der Waals surface area contributed by atoms with Crippen molar-refractivity contribution in [3.05, 3.63) is 28.3 Å². The highest BCUT2D eigenvalue weighted by Gasteiger charge is 2.48. The van der Waals surface area contributed by atoms with Crippen LogP contribution in [0.15, 0.2) is 12.1 Å². The maximum absolute atomic E-state index is 13.6. The van der Waals surface area contributed by atoms with E-state index < -0.39 is 5.60 Å². The molecule has 236 valence electrons. The summed E-state index contributed by atoms with van der Waals surface area (Å²) in [4.78, 5) is 41.7. The van der Waals surface area contributed by atoms with E-state index in [0.29, 0.717) is 21.6 Å². The summed E-state index contributed by atoms with van der Waals surface area (Å²) in [5.41, 5.74) is 1.87. The third-order valence-electron chi connectivity index (χ3n) is 9.46. The molecule has 0 spiro atoms. The van der Waals surface area contributed by atoms with Gasteiger partial charge >= 0.3 is 12.0 Å². The summed E-state index contributed by atoms with van der Waals surface area (Å²) in [6, 6.07) is 4.32. The van der Waals surface area contributed by atoms with E-state index in [2.05, 4.69) is 43.2 Å². The minimum absolute atomic E-state index is 0.0854. The average molecular weight is 606 g/mol. The molecule has 2 aliphatic rings. The highest BCUT2D eigenvalue weighted by Crippen LogP contribution is 2.35. The van der Waals surface area contributed by atoms with Crippen LogP contribution in [0.25, 0.3) is 0 Å². The maximum atomic E-state index is 13.6. The number of carbonyl (C=O) groups is 3. The molecule has 1 aromatic carbocycles. The first-order valence-electron chi connectivity index (χ1n) is 15.8. The average Bonchev–Trinajstić information content (AvgIpc) is 2.89.